The third-order valence-corrected chi connectivity index (χ3v) is 5.11. The Hall–Kier alpha value is -2.59. The van der Waals surface area contributed by atoms with Crippen molar-refractivity contribution in [3.8, 4) is 5.75 Å². The molecule has 3 aromatic rings. The second-order valence-corrected chi connectivity index (χ2v) is 6.97. The highest BCUT2D eigenvalue weighted by Gasteiger charge is 2.20. The molecule has 0 saturated carbocycles. The van der Waals surface area contributed by atoms with E-state index in [0.29, 0.717) is 6.04 Å². The molecular weight excluding hydrogens is 322 g/mol. The minimum Gasteiger partial charge on any atom is -0.497 e. The summed E-state index contributed by atoms with van der Waals surface area (Å²) in [6, 6.07) is 17.4. The number of pyridine rings is 1. The number of hydrogen-bond acceptors (Lipinski definition) is 4. The van der Waals surface area contributed by atoms with Crippen LogP contribution in [0.4, 0.5) is 5.69 Å². The molecule has 0 amide bonds. The highest BCUT2D eigenvalue weighted by Crippen LogP contribution is 2.25. The summed E-state index contributed by atoms with van der Waals surface area (Å²) in [5.74, 6) is 0.914. The number of hydrogen-bond donors (Lipinski definition) is 1. The van der Waals surface area contributed by atoms with Crippen molar-refractivity contribution < 1.29 is 4.74 Å². The van der Waals surface area contributed by atoms with Crippen molar-refractivity contribution in [2.45, 2.75) is 25.4 Å². The number of methoxy groups -OCH3 is 1. The molecule has 4 nitrogen and oxygen atoms in total. The average Bonchev–Trinajstić information content (AvgIpc) is 2.69. The van der Waals surface area contributed by atoms with Crippen LogP contribution in [0.5, 0.6) is 5.75 Å². The molecule has 1 aromatic heterocycles. The molecule has 4 rings (SSSR count). The van der Waals surface area contributed by atoms with Gasteiger partial charge in [-0.15, -0.1) is 0 Å². The zero-order valence-corrected chi connectivity index (χ0v) is 15.2. The third-order valence-electron chi connectivity index (χ3n) is 5.11. The third kappa shape index (κ3) is 3.81. The zero-order valence-electron chi connectivity index (χ0n) is 15.2. The molecule has 0 aliphatic carbocycles. The number of nitrogens with one attached hydrogen (secondary N) is 1. The highest BCUT2D eigenvalue weighted by molar-refractivity contribution is 5.93. The Morgan fingerprint density at radius 2 is 2.04 bits per heavy atom. The Morgan fingerprint density at radius 3 is 2.88 bits per heavy atom. The number of rotatable bonds is 5. The van der Waals surface area contributed by atoms with Crippen LogP contribution in [0.25, 0.3) is 10.8 Å². The minimum atomic E-state index is 0.473. The van der Waals surface area contributed by atoms with Crippen LogP contribution in [0.1, 0.15) is 18.4 Å². The Bertz CT molecular complexity index is 857. The largest absolute Gasteiger partial charge is 0.497 e. The van der Waals surface area contributed by atoms with E-state index in [0.717, 1.165) is 25.4 Å². The van der Waals surface area contributed by atoms with E-state index < -0.39 is 0 Å². The lowest BCUT2D eigenvalue weighted by atomic mass is 10.0. The summed E-state index contributed by atoms with van der Waals surface area (Å²) in [5.41, 5.74) is 2.55. The van der Waals surface area contributed by atoms with Gasteiger partial charge < -0.3 is 10.1 Å². The fraction of sp³-hybridized carbons (Fsp3) is 0.318. The fourth-order valence-corrected chi connectivity index (χ4v) is 3.77. The summed E-state index contributed by atoms with van der Waals surface area (Å²) in [4.78, 5) is 6.76. The van der Waals surface area contributed by atoms with Crippen molar-refractivity contribution in [3.05, 3.63) is 66.5 Å². The standard InChI is InChI=1S/C22H25N3O/c1-26-20-9-7-17(8-10-20)15-25-13-3-5-19(16-25)24-22-6-2-4-18-14-23-12-11-21(18)22/h2,4,6-12,14,19,24H,3,5,13,15-16H2,1H3. The zero-order chi connectivity index (χ0) is 17.8. The lowest BCUT2D eigenvalue weighted by Gasteiger charge is -2.34. The van der Waals surface area contributed by atoms with Crippen LogP contribution >= 0.6 is 0 Å². The summed E-state index contributed by atoms with van der Waals surface area (Å²) in [7, 11) is 1.71. The number of ether oxygens (including phenoxy) is 1. The summed E-state index contributed by atoms with van der Waals surface area (Å²) >= 11 is 0. The van der Waals surface area contributed by atoms with Crippen LogP contribution in [0, 0.1) is 0 Å². The molecule has 0 radical (unpaired) electrons. The van der Waals surface area contributed by atoms with E-state index in [2.05, 4.69) is 51.6 Å². The fourth-order valence-electron chi connectivity index (χ4n) is 3.77. The van der Waals surface area contributed by atoms with Gasteiger partial charge in [0.05, 0.1) is 7.11 Å². The number of fused-ring (bicyclic) bond motifs is 1. The van der Waals surface area contributed by atoms with Crippen molar-refractivity contribution in [3.63, 3.8) is 0 Å². The molecule has 1 N–H and O–H groups in total. The van der Waals surface area contributed by atoms with E-state index >= 15 is 0 Å². The number of nitrogens with zero attached hydrogens (tertiary/aromatic N) is 2. The first-order valence-corrected chi connectivity index (χ1v) is 9.26. The van der Waals surface area contributed by atoms with Gasteiger partial charge in [0.2, 0.25) is 0 Å². The summed E-state index contributed by atoms with van der Waals surface area (Å²) < 4.78 is 5.25. The number of likely N-dealkylation sites (tertiary alicyclic amines) is 1. The quantitative estimate of drug-likeness (QED) is 0.746. The Morgan fingerprint density at radius 1 is 1.15 bits per heavy atom. The monoisotopic (exact) mass is 347 g/mol. The second kappa shape index (κ2) is 7.75. The summed E-state index contributed by atoms with van der Waals surface area (Å²) in [5, 5.41) is 6.20. The molecule has 2 aromatic carbocycles. The van der Waals surface area contributed by atoms with E-state index in [1.165, 1.54) is 34.9 Å². The Labute approximate surface area is 154 Å². The maximum Gasteiger partial charge on any atom is 0.118 e. The average molecular weight is 347 g/mol. The first-order valence-electron chi connectivity index (χ1n) is 9.26. The first-order chi connectivity index (χ1) is 12.8. The van der Waals surface area contributed by atoms with Crippen LogP contribution in [0.3, 0.4) is 0 Å². The maximum atomic E-state index is 5.25. The molecule has 1 aliphatic rings. The van der Waals surface area contributed by atoms with Crippen molar-refractivity contribution in [2.24, 2.45) is 0 Å². The van der Waals surface area contributed by atoms with Crippen molar-refractivity contribution in [1.82, 2.24) is 9.88 Å². The van der Waals surface area contributed by atoms with Gasteiger partial charge in [0.25, 0.3) is 0 Å². The number of aromatic nitrogens is 1. The van der Waals surface area contributed by atoms with E-state index in [4.69, 9.17) is 4.74 Å². The summed E-state index contributed by atoms with van der Waals surface area (Å²) in [6.07, 6.45) is 6.22. The van der Waals surface area contributed by atoms with Gasteiger partial charge in [-0.25, -0.2) is 0 Å². The van der Waals surface area contributed by atoms with Crippen LogP contribution in [-0.4, -0.2) is 36.1 Å². The molecule has 2 heterocycles. The molecular formula is C22H25N3O. The predicted molar refractivity (Wildman–Crippen MR) is 107 cm³/mol. The molecule has 1 aliphatic heterocycles. The SMILES string of the molecule is COc1ccc(CN2CCCC(Nc3cccc4cnccc34)C2)cc1. The van der Waals surface area contributed by atoms with Gasteiger partial charge in [0.15, 0.2) is 0 Å². The molecule has 4 heteroatoms. The lowest BCUT2D eigenvalue weighted by molar-refractivity contribution is 0.208. The second-order valence-electron chi connectivity index (χ2n) is 6.97. The Kier molecular flexibility index (Phi) is 5.02. The van der Waals surface area contributed by atoms with E-state index in [1.807, 2.05) is 24.5 Å². The van der Waals surface area contributed by atoms with Crippen molar-refractivity contribution in [2.75, 3.05) is 25.5 Å². The van der Waals surface area contributed by atoms with Crippen molar-refractivity contribution in [1.29, 1.82) is 0 Å². The van der Waals surface area contributed by atoms with E-state index in [1.54, 1.807) is 7.11 Å². The van der Waals surface area contributed by atoms with Crippen LogP contribution in [0.2, 0.25) is 0 Å². The molecule has 1 atom stereocenters. The number of anilines is 1. The highest BCUT2D eigenvalue weighted by atomic mass is 16.5. The maximum absolute atomic E-state index is 5.25. The summed E-state index contributed by atoms with van der Waals surface area (Å²) in [6.45, 7) is 3.21. The van der Waals surface area contributed by atoms with Gasteiger partial charge in [-0.1, -0.05) is 24.3 Å². The van der Waals surface area contributed by atoms with E-state index in [-0.39, 0.29) is 0 Å². The van der Waals surface area contributed by atoms with Crippen molar-refractivity contribution >= 4 is 16.5 Å². The first kappa shape index (κ1) is 16.9. The van der Waals surface area contributed by atoms with Crippen LogP contribution < -0.4 is 10.1 Å². The van der Waals surface area contributed by atoms with Gasteiger partial charge in [-0.2, -0.15) is 0 Å². The van der Waals surface area contributed by atoms with E-state index in [9.17, 15) is 0 Å². The topological polar surface area (TPSA) is 37.4 Å². The lowest BCUT2D eigenvalue weighted by Crippen LogP contribution is -2.41. The molecule has 1 saturated heterocycles. The van der Waals surface area contributed by atoms with Crippen LogP contribution in [-0.2, 0) is 6.54 Å². The Balaban J connectivity index is 1.43. The normalized spacial score (nSPS) is 18.0. The van der Waals surface area contributed by atoms with Gasteiger partial charge in [-0.3, -0.25) is 9.88 Å². The van der Waals surface area contributed by atoms with Gasteiger partial charge >= 0.3 is 0 Å². The molecule has 0 bridgehead atoms. The molecule has 134 valence electrons. The van der Waals surface area contributed by atoms with Gasteiger partial charge in [-0.05, 0) is 49.2 Å². The molecule has 0 spiro atoms. The van der Waals surface area contributed by atoms with Crippen LogP contribution in [0.15, 0.2) is 60.9 Å². The minimum absolute atomic E-state index is 0.473. The smallest absolute Gasteiger partial charge is 0.118 e. The number of benzene rings is 2. The molecule has 1 unspecified atom stereocenters. The van der Waals surface area contributed by atoms with Gasteiger partial charge in [0, 0.05) is 48.0 Å². The molecule has 26 heavy (non-hydrogen) atoms. The van der Waals surface area contributed by atoms with Gasteiger partial charge in [0.1, 0.15) is 5.75 Å². The number of piperidine rings is 1. The predicted octanol–water partition coefficient (Wildman–Crippen LogP) is 4.32. The molecule has 1 fully saturated rings.